The molecule has 1 aliphatic rings. The molecule has 0 heterocycles. The van der Waals surface area contributed by atoms with E-state index in [0.717, 1.165) is 19.3 Å². The van der Waals surface area contributed by atoms with Crippen molar-refractivity contribution in [3.05, 3.63) is 0 Å². The van der Waals surface area contributed by atoms with Gasteiger partial charge in [0.15, 0.2) is 0 Å². The summed E-state index contributed by atoms with van der Waals surface area (Å²) in [5.74, 6) is 0.647. The van der Waals surface area contributed by atoms with Gasteiger partial charge in [0.25, 0.3) is 0 Å². The molecule has 1 fully saturated rings. The van der Waals surface area contributed by atoms with Crippen LogP contribution in [0.1, 0.15) is 25.7 Å². The monoisotopic (exact) mass is 164 g/mol. The van der Waals surface area contributed by atoms with Crippen molar-refractivity contribution in [3.8, 4) is 0 Å². The van der Waals surface area contributed by atoms with Crippen LogP contribution in [0.25, 0.3) is 0 Å². The number of hydrogen-bond donors (Lipinski definition) is 0. The predicted octanol–water partition coefficient (Wildman–Crippen LogP) is 2.12. The number of rotatable bonds is 5. The van der Waals surface area contributed by atoms with Crippen molar-refractivity contribution in [2.75, 3.05) is 12.5 Å². The fourth-order valence-corrected chi connectivity index (χ4v) is 0.834. The molecule has 0 amide bonds. The zero-order valence-corrected chi connectivity index (χ0v) is 6.77. The van der Waals surface area contributed by atoms with Gasteiger partial charge in [0.2, 0.25) is 0 Å². The van der Waals surface area contributed by atoms with Crippen LogP contribution < -0.4 is 0 Å². The molecule has 0 unspecified atom stereocenters. The molecule has 0 bridgehead atoms. The maximum absolute atomic E-state index is 5.43. The first kappa shape index (κ1) is 8.31. The van der Waals surface area contributed by atoms with Gasteiger partial charge in [-0.05, 0) is 25.7 Å². The average molecular weight is 165 g/mol. The summed E-state index contributed by atoms with van der Waals surface area (Å²) in [6.07, 6.45) is 4.83. The molecule has 0 aliphatic heterocycles. The maximum atomic E-state index is 5.43. The fourth-order valence-electron chi connectivity index (χ4n) is 0.725. The molecule has 0 radical (unpaired) electrons. The SMILES string of the molecule is ClCCCOOC1CCC1. The Kier molecular flexibility index (Phi) is 4.10. The highest BCUT2D eigenvalue weighted by Crippen LogP contribution is 2.21. The lowest BCUT2D eigenvalue weighted by Gasteiger charge is -2.23. The fraction of sp³-hybridized carbons (Fsp3) is 1.00. The third-order valence-electron chi connectivity index (χ3n) is 1.62. The summed E-state index contributed by atoms with van der Waals surface area (Å²) in [7, 11) is 0. The van der Waals surface area contributed by atoms with Gasteiger partial charge in [-0.2, -0.15) is 0 Å². The molecule has 0 N–H and O–H groups in total. The van der Waals surface area contributed by atoms with E-state index in [2.05, 4.69) is 0 Å². The Morgan fingerprint density at radius 3 is 2.70 bits per heavy atom. The van der Waals surface area contributed by atoms with Crippen LogP contribution in [-0.4, -0.2) is 18.6 Å². The van der Waals surface area contributed by atoms with Crippen LogP contribution in [0.5, 0.6) is 0 Å². The van der Waals surface area contributed by atoms with Crippen LogP contribution in [-0.2, 0) is 9.78 Å². The first-order chi connectivity index (χ1) is 4.93. The highest BCUT2D eigenvalue weighted by atomic mass is 35.5. The minimum atomic E-state index is 0.371. The van der Waals surface area contributed by atoms with E-state index in [0.29, 0.717) is 18.6 Å². The highest BCUT2D eigenvalue weighted by molar-refractivity contribution is 6.17. The minimum absolute atomic E-state index is 0.371. The Labute approximate surface area is 66.4 Å². The van der Waals surface area contributed by atoms with Gasteiger partial charge in [-0.15, -0.1) is 11.6 Å². The summed E-state index contributed by atoms with van der Waals surface area (Å²) in [4.78, 5) is 9.91. The van der Waals surface area contributed by atoms with Crippen molar-refractivity contribution in [3.63, 3.8) is 0 Å². The van der Waals surface area contributed by atoms with Crippen LogP contribution in [0, 0.1) is 0 Å². The number of alkyl halides is 1. The molecule has 2 nitrogen and oxygen atoms in total. The van der Waals surface area contributed by atoms with Gasteiger partial charge in [0.05, 0.1) is 12.7 Å². The van der Waals surface area contributed by atoms with Gasteiger partial charge in [0.1, 0.15) is 0 Å². The zero-order chi connectivity index (χ0) is 7.23. The van der Waals surface area contributed by atoms with Crippen LogP contribution in [0.15, 0.2) is 0 Å². The molecule has 10 heavy (non-hydrogen) atoms. The van der Waals surface area contributed by atoms with E-state index in [1.165, 1.54) is 6.42 Å². The van der Waals surface area contributed by atoms with Crippen molar-refractivity contribution in [2.24, 2.45) is 0 Å². The van der Waals surface area contributed by atoms with E-state index in [9.17, 15) is 0 Å². The van der Waals surface area contributed by atoms with E-state index < -0.39 is 0 Å². The molecule has 3 heteroatoms. The second kappa shape index (κ2) is 4.94. The van der Waals surface area contributed by atoms with Gasteiger partial charge in [0, 0.05) is 5.88 Å². The topological polar surface area (TPSA) is 18.5 Å². The van der Waals surface area contributed by atoms with Crippen LogP contribution >= 0.6 is 11.6 Å². The van der Waals surface area contributed by atoms with E-state index in [4.69, 9.17) is 21.4 Å². The number of hydrogen-bond acceptors (Lipinski definition) is 2. The molecule has 0 spiro atoms. The van der Waals surface area contributed by atoms with Crippen LogP contribution in [0.4, 0.5) is 0 Å². The molecule has 1 saturated carbocycles. The van der Waals surface area contributed by atoms with E-state index in [1.54, 1.807) is 0 Å². The summed E-state index contributed by atoms with van der Waals surface area (Å²) < 4.78 is 0. The van der Waals surface area contributed by atoms with E-state index >= 15 is 0 Å². The minimum Gasteiger partial charge on any atom is -0.236 e. The molecule has 60 valence electrons. The Balaban J connectivity index is 1.76. The van der Waals surface area contributed by atoms with Gasteiger partial charge in [-0.1, -0.05) is 0 Å². The molecule has 0 aromatic rings. The van der Waals surface area contributed by atoms with Gasteiger partial charge >= 0.3 is 0 Å². The maximum Gasteiger partial charge on any atom is 0.0930 e. The largest absolute Gasteiger partial charge is 0.236 e. The third-order valence-corrected chi connectivity index (χ3v) is 1.88. The van der Waals surface area contributed by atoms with Crippen molar-refractivity contribution >= 4 is 11.6 Å². The Bertz CT molecular complexity index is 83.7. The number of halogens is 1. The lowest BCUT2D eigenvalue weighted by atomic mass is 9.97. The summed E-state index contributed by atoms with van der Waals surface area (Å²) >= 11 is 5.43. The standard InChI is InChI=1S/C7H13ClO2/c8-5-2-6-9-10-7-3-1-4-7/h7H,1-6H2. The molecule has 1 rings (SSSR count). The molecule has 0 saturated heterocycles. The zero-order valence-electron chi connectivity index (χ0n) is 6.01. The Morgan fingerprint density at radius 2 is 2.20 bits per heavy atom. The predicted molar refractivity (Wildman–Crippen MR) is 40.0 cm³/mol. The summed E-state index contributed by atoms with van der Waals surface area (Å²) in [5.41, 5.74) is 0. The highest BCUT2D eigenvalue weighted by Gasteiger charge is 2.18. The summed E-state index contributed by atoms with van der Waals surface area (Å²) in [5, 5.41) is 0. The third kappa shape index (κ3) is 2.86. The van der Waals surface area contributed by atoms with Gasteiger partial charge in [-0.25, -0.2) is 9.78 Å². The second-order valence-corrected chi connectivity index (χ2v) is 2.89. The van der Waals surface area contributed by atoms with Gasteiger partial charge in [-0.3, -0.25) is 0 Å². The second-order valence-electron chi connectivity index (χ2n) is 2.51. The molecular weight excluding hydrogens is 152 g/mol. The first-order valence-corrected chi connectivity index (χ1v) is 4.31. The Morgan fingerprint density at radius 1 is 1.40 bits per heavy atom. The smallest absolute Gasteiger partial charge is 0.0930 e. The van der Waals surface area contributed by atoms with Crippen molar-refractivity contribution < 1.29 is 9.78 Å². The van der Waals surface area contributed by atoms with Crippen molar-refractivity contribution in [1.29, 1.82) is 0 Å². The van der Waals surface area contributed by atoms with Gasteiger partial charge < -0.3 is 0 Å². The first-order valence-electron chi connectivity index (χ1n) is 3.77. The van der Waals surface area contributed by atoms with Crippen molar-refractivity contribution in [1.82, 2.24) is 0 Å². The van der Waals surface area contributed by atoms with Crippen molar-refractivity contribution in [2.45, 2.75) is 31.8 Å². The lowest BCUT2D eigenvalue weighted by molar-refractivity contribution is -0.336. The average Bonchev–Trinajstić information content (AvgIpc) is 1.84. The molecule has 0 atom stereocenters. The summed E-state index contributed by atoms with van der Waals surface area (Å²) in [6, 6.07) is 0. The molecule has 1 aliphatic carbocycles. The van der Waals surface area contributed by atoms with E-state index in [-0.39, 0.29) is 0 Å². The van der Waals surface area contributed by atoms with Crippen LogP contribution in [0.3, 0.4) is 0 Å². The molecular formula is C7H13ClO2. The Hall–Kier alpha value is 0.210. The van der Waals surface area contributed by atoms with E-state index in [1.807, 2.05) is 0 Å². The normalized spacial score (nSPS) is 18.9. The quantitative estimate of drug-likeness (QED) is 0.268. The lowest BCUT2D eigenvalue weighted by Crippen LogP contribution is -2.21. The molecule has 0 aromatic carbocycles. The molecule has 0 aromatic heterocycles. The summed E-state index contributed by atoms with van der Waals surface area (Å²) in [6.45, 7) is 0.625. The van der Waals surface area contributed by atoms with Crippen LogP contribution in [0.2, 0.25) is 0 Å².